The molecule has 6 aromatic rings. The largest absolute Gasteiger partial charge is 0.496 e. The number of methoxy groups -OCH3 is 4. The van der Waals surface area contributed by atoms with Crippen molar-refractivity contribution in [3.8, 4) is 28.5 Å². The van der Waals surface area contributed by atoms with Gasteiger partial charge in [-0.2, -0.15) is 10.1 Å². The second-order valence-corrected chi connectivity index (χ2v) is 35.6. The summed E-state index contributed by atoms with van der Waals surface area (Å²) >= 11 is 0. The molecule has 15 atom stereocenters. The maximum Gasteiger partial charge on any atom is 0.329 e. The predicted octanol–water partition coefficient (Wildman–Crippen LogP) is 9.42. The monoisotopic (exact) mass is 1890 g/mol. The van der Waals surface area contributed by atoms with Crippen molar-refractivity contribution in [2.75, 3.05) is 165 Å². The van der Waals surface area contributed by atoms with Gasteiger partial charge in [0.05, 0.1) is 157 Å². The molecule has 11 N–H and O–H groups in total. The van der Waals surface area contributed by atoms with Gasteiger partial charge in [-0.15, -0.1) is 0 Å². The average molecular weight is 1890 g/mol. The third-order valence-corrected chi connectivity index (χ3v) is 25.5. The Bertz CT molecular complexity index is 4780. The number of oxazole rings is 1. The molecule has 2 amide bonds. The van der Waals surface area contributed by atoms with Crippen LogP contribution >= 0.6 is 0 Å². The minimum atomic E-state index is -2.58. The van der Waals surface area contributed by atoms with Crippen LogP contribution in [-0.2, 0) is 105 Å². The van der Waals surface area contributed by atoms with Crippen molar-refractivity contribution in [2.24, 2.45) is 35.3 Å². The van der Waals surface area contributed by atoms with Gasteiger partial charge >= 0.3 is 5.97 Å². The van der Waals surface area contributed by atoms with Crippen molar-refractivity contribution in [1.82, 2.24) is 44.7 Å². The third-order valence-electron chi connectivity index (χ3n) is 25.5. The summed E-state index contributed by atoms with van der Waals surface area (Å²) in [5.74, 6) is -8.11. The fourth-order valence-electron chi connectivity index (χ4n) is 17.7. The van der Waals surface area contributed by atoms with Crippen molar-refractivity contribution in [3.63, 3.8) is 0 Å². The number of unbranched alkanes of at least 4 members (excludes halogenated alkanes) is 2. The van der Waals surface area contributed by atoms with Crippen LogP contribution < -0.4 is 36.7 Å². The molecule has 748 valence electrons. The number of hydrogen-bond acceptors (Lipinski definition) is 32. The van der Waals surface area contributed by atoms with Crippen LogP contribution in [0.4, 0.5) is 11.8 Å². The number of anilines is 2. The molecule has 0 radical (unpaired) electrons. The molecule has 10 rings (SSSR count). The number of hydrogen-bond donors (Lipinski definition) is 8. The zero-order valence-electron chi connectivity index (χ0n) is 80.4. The topological polar surface area (TPSA) is 485 Å². The zero-order chi connectivity index (χ0) is 96.8. The molecule has 1 aliphatic carbocycles. The van der Waals surface area contributed by atoms with E-state index in [1.807, 2.05) is 61.0 Å². The number of carbonyl (C=O) groups is 6. The van der Waals surface area contributed by atoms with Crippen LogP contribution in [0.25, 0.3) is 33.4 Å². The van der Waals surface area contributed by atoms with E-state index in [-0.39, 0.29) is 80.4 Å². The summed E-state index contributed by atoms with van der Waals surface area (Å²) in [6.07, 6.45) is 17.2. The first-order valence-electron chi connectivity index (χ1n) is 47.8. The number of aryl methyl sites for hydroxylation is 2. The number of nitrogen functional groups attached to an aromatic ring is 2. The SMILES string of the molecule is COc1cc(OC)c([C@@H]2C[C@@H]3CC[C@@H](C)[C@@](O)(O3)C(=O)C(=O)N3CCCC[C@H]3C(=O)O[C@H]([C@H](N)C[C@@H]3CC[C@@H](OCCCCc4cn(CCOCCOCCOCCOCCOCCOCCOCCOCCC(=O)NCCCCn5nc(-c6ccc7oc(N)nc7c6)c6c(N)ncnc65)[nH]4)[C@H](OC)C3)CC(=O)[C@H](C)/C=C(\C)[C@@H](O)[C@@H](O)C(=O)[C@H](C)C[C@H](C)/C=C/C=CC=C2C)c(OC)c1. The molecule has 0 unspecified atom stereocenters. The highest BCUT2D eigenvalue weighted by atomic mass is 16.6. The van der Waals surface area contributed by atoms with E-state index in [2.05, 4.69) is 31.6 Å². The molecule has 2 saturated heterocycles. The number of aliphatic hydroxyl groups excluding tert-OH is 2. The van der Waals surface area contributed by atoms with Gasteiger partial charge in [0.25, 0.3) is 17.7 Å². The summed E-state index contributed by atoms with van der Waals surface area (Å²) in [7, 11) is 6.26. The standard InChI is InChI=1S/C98H146N12O25/c1-63-20-12-11-13-21-64(2)74(86-83(122-9)58-73(120-7)59-84(86)123-10)57-72-27-24-68(6)98(119,135-72)92(116)95(117)109-32-17-14-23-77(109)96(118)133-81(60-78(111)65(3)53-67(5)90(114)91(115)89(113)66(4)52-63)75(99)54-69-25-28-80(82(55-69)121-8)132-35-19-15-22-71-61-108(106-71)34-37-125-39-41-127-43-45-129-47-49-131-51-50-130-48-46-128-44-42-126-40-38-124-36-30-85(112)102-31-16-18-33-110-94-87(93(100)103-62-104-94)88(107-110)70-26-29-79-76(56-70)105-97(101)134-79/h11-13,20-21,26,29,53,56,58-59,61-63,65-66,68-69,72,74-75,77,80-82,90-91,106,114-115,119H,14-19,22-25,27-28,30-52,54-55,57,60,99H2,1-10H3,(H2,101,105)(H,102,112)(H2,100,103,104)/b13-11?,20-12+,64-21?,67-53+/t63-,65-,66-,68-,69+,72+,74-,75-,77+,80-,81+,82-,90-,91+,98-/m1/s1. The number of piperidine rings is 1. The van der Waals surface area contributed by atoms with E-state index < -0.39 is 95.2 Å². The molecule has 3 fully saturated rings. The summed E-state index contributed by atoms with van der Waals surface area (Å²) in [5, 5.41) is 47.1. The van der Waals surface area contributed by atoms with E-state index in [1.165, 1.54) is 40.7 Å². The van der Waals surface area contributed by atoms with Crippen molar-refractivity contribution in [3.05, 3.63) is 102 Å². The van der Waals surface area contributed by atoms with Gasteiger partial charge in [0.2, 0.25) is 11.7 Å². The molecule has 2 bridgehead atoms. The lowest BCUT2D eigenvalue weighted by atomic mass is 9.80. The number of rotatable bonds is 47. The number of cyclic esters (lactones) is 1. The van der Waals surface area contributed by atoms with E-state index in [4.69, 9.17) is 97.8 Å². The molecule has 7 heterocycles. The summed E-state index contributed by atoms with van der Waals surface area (Å²) in [4.78, 5) is 99.3. The number of allylic oxidation sites excluding steroid dienone is 7. The number of aromatic nitrogens is 7. The molecular weight excluding hydrogens is 1750 g/mol. The molecule has 4 aliphatic rings. The van der Waals surface area contributed by atoms with Crippen LogP contribution in [0.5, 0.6) is 17.2 Å². The van der Waals surface area contributed by atoms with E-state index in [9.17, 15) is 44.1 Å². The molecule has 4 aromatic heterocycles. The van der Waals surface area contributed by atoms with Gasteiger partial charge in [-0.1, -0.05) is 69.7 Å². The number of Topliss-reactive ketones (excluding diaryl/α,β-unsaturated/α-hetero) is 3. The van der Waals surface area contributed by atoms with Crippen molar-refractivity contribution < 1.29 is 120 Å². The Morgan fingerprint density at radius 2 is 1.36 bits per heavy atom. The van der Waals surface area contributed by atoms with E-state index in [0.29, 0.717) is 240 Å². The first-order chi connectivity index (χ1) is 65.2. The second-order valence-electron chi connectivity index (χ2n) is 35.6. The molecule has 1 saturated carbocycles. The lowest BCUT2D eigenvalue weighted by molar-refractivity contribution is -0.264. The summed E-state index contributed by atoms with van der Waals surface area (Å²) < 4.78 is 97.1. The van der Waals surface area contributed by atoms with Gasteiger partial charge in [0.15, 0.2) is 17.0 Å². The number of H-pyrrole nitrogens is 1. The van der Waals surface area contributed by atoms with Crippen LogP contribution in [0, 0.1) is 29.6 Å². The van der Waals surface area contributed by atoms with Crippen LogP contribution in [0.2, 0.25) is 0 Å². The van der Waals surface area contributed by atoms with Gasteiger partial charge < -0.3 is 123 Å². The Labute approximate surface area is 791 Å². The smallest absolute Gasteiger partial charge is 0.329 e. The first-order valence-corrected chi connectivity index (χ1v) is 47.8. The summed E-state index contributed by atoms with van der Waals surface area (Å²) in [5.41, 5.74) is 25.2. The maximum atomic E-state index is 14.9. The lowest BCUT2D eigenvalue weighted by Crippen LogP contribution is -2.61. The number of esters is 1. The predicted molar refractivity (Wildman–Crippen MR) is 503 cm³/mol. The normalized spacial score (nSPS) is 25.0. The van der Waals surface area contributed by atoms with Gasteiger partial charge in [-0.05, 0) is 152 Å². The van der Waals surface area contributed by atoms with Crippen molar-refractivity contribution in [2.45, 2.75) is 231 Å². The van der Waals surface area contributed by atoms with Gasteiger partial charge in [-0.25, -0.2) is 19.4 Å². The Morgan fingerprint density at radius 1 is 0.696 bits per heavy atom. The molecule has 3 aliphatic heterocycles. The minimum Gasteiger partial charge on any atom is -0.496 e. The van der Waals surface area contributed by atoms with Crippen LogP contribution in [0.3, 0.4) is 0 Å². The number of ether oxygens (including phenoxy) is 15. The zero-order valence-corrected chi connectivity index (χ0v) is 80.4. The minimum absolute atomic E-state index is 0.00355. The van der Waals surface area contributed by atoms with Crippen LogP contribution in [0.1, 0.15) is 168 Å². The number of nitrogens with zero attached hydrogens (tertiary/aromatic N) is 7. The molecule has 37 nitrogen and oxygen atoms in total. The Hall–Kier alpha value is -9.42. The number of aromatic amines is 1. The first kappa shape index (κ1) is 108. The van der Waals surface area contributed by atoms with Crippen LogP contribution in [-0.4, -0.2) is 298 Å². The van der Waals surface area contributed by atoms with E-state index >= 15 is 0 Å². The number of aliphatic hydroxyl groups is 3. The summed E-state index contributed by atoms with van der Waals surface area (Å²) in [6.45, 7) is 19.4. The fourth-order valence-corrected chi connectivity index (χ4v) is 17.7. The number of ketones is 3. The number of fused-ring (bicyclic) bond motifs is 5. The maximum absolute atomic E-state index is 14.9. The number of nitrogens with one attached hydrogen (secondary N) is 2. The Balaban J connectivity index is 0.563. The molecular formula is C98H146N12O25. The average Bonchev–Trinajstić information content (AvgIpc) is 1.75. The third kappa shape index (κ3) is 32.3. The van der Waals surface area contributed by atoms with Gasteiger partial charge in [0, 0.05) is 111 Å². The lowest BCUT2D eigenvalue weighted by Gasteiger charge is -2.43. The highest BCUT2D eigenvalue weighted by molar-refractivity contribution is 6.39. The number of carbonyl (C=O) groups excluding carboxylic acids is 6. The number of nitrogens with two attached hydrogens (primary N) is 3. The van der Waals surface area contributed by atoms with E-state index in [1.54, 1.807) is 50.8 Å². The molecule has 0 spiro atoms. The van der Waals surface area contributed by atoms with E-state index in [0.717, 1.165) is 53.8 Å². The number of benzene rings is 2. The van der Waals surface area contributed by atoms with Crippen LogP contribution in [0.15, 0.2) is 94.9 Å². The molecule has 135 heavy (non-hydrogen) atoms. The Morgan fingerprint density at radius 3 is 2.01 bits per heavy atom. The highest BCUT2D eigenvalue weighted by Crippen LogP contribution is 2.47. The second kappa shape index (κ2) is 55.8. The van der Waals surface area contributed by atoms with Crippen molar-refractivity contribution in [1.29, 1.82) is 0 Å². The Kier molecular flexibility index (Phi) is 44.5. The fraction of sp³-hybridized carbons (Fsp3) is 0.653. The quantitative estimate of drug-likeness (QED) is 0.00762. The highest BCUT2D eigenvalue weighted by Gasteiger charge is 2.54. The molecule has 2 aromatic carbocycles. The number of amides is 2. The summed E-state index contributed by atoms with van der Waals surface area (Å²) in [6, 6.07) is 6.88. The molecule has 37 heteroatoms. The van der Waals surface area contributed by atoms with Gasteiger partial charge in [0.1, 0.15) is 70.7 Å². The van der Waals surface area contributed by atoms with Gasteiger partial charge in [-0.3, -0.25) is 28.7 Å². The van der Waals surface area contributed by atoms with Crippen molar-refractivity contribution >= 4 is 69.1 Å².